The van der Waals surface area contributed by atoms with Gasteiger partial charge in [-0.25, -0.2) is 4.98 Å². The Morgan fingerprint density at radius 3 is 2.42 bits per heavy atom. The molecule has 38 heavy (non-hydrogen) atoms. The zero-order valence-electron chi connectivity index (χ0n) is 21.1. The first-order chi connectivity index (χ1) is 18.5. The highest BCUT2D eigenvalue weighted by molar-refractivity contribution is 6.39. The van der Waals surface area contributed by atoms with Gasteiger partial charge in [-0.1, -0.05) is 67.4 Å². The Balaban J connectivity index is 1.44. The van der Waals surface area contributed by atoms with Crippen LogP contribution in [0.1, 0.15) is 49.2 Å². The van der Waals surface area contributed by atoms with Crippen molar-refractivity contribution in [2.24, 2.45) is 0 Å². The third kappa shape index (κ3) is 5.41. The van der Waals surface area contributed by atoms with Gasteiger partial charge in [0.15, 0.2) is 6.29 Å². The monoisotopic (exact) mass is 544 g/mol. The first-order valence-corrected chi connectivity index (χ1v) is 13.2. The van der Waals surface area contributed by atoms with Gasteiger partial charge in [-0.2, -0.15) is 5.26 Å². The Labute approximate surface area is 232 Å². The van der Waals surface area contributed by atoms with Crippen molar-refractivity contribution in [3.8, 4) is 40.0 Å². The summed E-state index contributed by atoms with van der Waals surface area (Å²) in [4.78, 5) is 4.59. The summed E-state index contributed by atoms with van der Waals surface area (Å²) in [6.07, 6.45) is 0.624. The van der Waals surface area contributed by atoms with Gasteiger partial charge in [0.2, 0.25) is 0 Å². The second kappa shape index (κ2) is 11.6. The number of nitriles is 1. The second-order valence-corrected chi connectivity index (χ2v) is 9.87. The zero-order chi connectivity index (χ0) is 26.6. The van der Waals surface area contributed by atoms with E-state index in [0.717, 1.165) is 23.3 Å². The lowest BCUT2D eigenvalue weighted by atomic mass is 9.99. The van der Waals surface area contributed by atoms with Gasteiger partial charge < -0.3 is 14.2 Å². The van der Waals surface area contributed by atoms with E-state index in [-0.39, 0.29) is 15.7 Å². The van der Waals surface area contributed by atoms with Crippen LogP contribution in [0, 0.1) is 11.3 Å². The molecule has 0 N–H and O–H groups in total. The highest BCUT2D eigenvalue weighted by Gasteiger charge is 2.23. The molecule has 5 nitrogen and oxygen atoms in total. The molecule has 0 saturated carbocycles. The molecule has 1 aliphatic heterocycles. The van der Waals surface area contributed by atoms with Crippen molar-refractivity contribution < 1.29 is 14.2 Å². The Morgan fingerprint density at radius 2 is 1.71 bits per heavy atom. The van der Waals surface area contributed by atoms with Crippen LogP contribution in [-0.4, -0.2) is 18.2 Å². The van der Waals surface area contributed by atoms with E-state index in [0.29, 0.717) is 41.7 Å². The molecular weight excluding hydrogens is 519 g/mol. The molecule has 5 rings (SSSR count). The van der Waals surface area contributed by atoms with E-state index in [4.69, 9.17) is 37.4 Å². The van der Waals surface area contributed by atoms with E-state index in [2.05, 4.69) is 37.0 Å². The van der Waals surface area contributed by atoms with Gasteiger partial charge in [-0.05, 0) is 65.9 Å². The van der Waals surface area contributed by atoms with Crippen LogP contribution in [0.4, 0.5) is 0 Å². The minimum atomic E-state index is -0.437. The summed E-state index contributed by atoms with van der Waals surface area (Å²) >= 11 is 13.4. The molecule has 1 fully saturated rings. The summed E-state index contributed by atoms with van der Waals surface area (Å²) in [6, 6.07) is 25.3. The highest BCUT2D eigenvalue weighted by Crippen LogP contribution is 2.41. The highest BCUT2D eigenvalue weighted by atomic mass is 35.5. The van der Waals surface area contributed by atoms with E-state index in [9.17, 15) is 5.26 Å². The van der Waals surface area contributed by atoms with Crippen molar-refractivity contribution >= 4 is 23.2 Å². The predicted octanol–water partition coefficient (Wildman–Crippen LogP) is 8.95. The molecule has 1 saturated heterocycles. The summed E-state index contributed by atoms with van der Waals surface area (Å²) in [7, 11) is 0. The maximum absolute atomic E-state index is 10.0. The van der Waals surface area contributed by atoms with Crippen molar-refractivity contribution in [3.05, 3.63) is 99.7 Å². The summed E-state index contributed by atoms with van der Waals surface area (Å²) in [5.74, 6) is 1.91. The molecule has 0 bridgehead atoms. The van der Waals surface area contributed by atoms with Crippen LogP contribution in [0.2, 0.25) is 10.2 Å². The normalized spacial score (nSPS) is 14.3. The van der Waals surface area contributed by atoms with E-state index >= 15 is 0 Å². The Hall–Kier alpha value is -3.40. The molecule has 0 spiro atoms. The molecular formula is C31H26Cl2N2O3. The molecule has 0 aliphatic carbocycles. The number of benzene rings is 3. The molecule has 4 aromatic rings. The fourth-order valence-corrected chi connectivity index (χ4v) is 5.08. The van der Waals surface area contributed by atoms with Crippen molar-refractivity contribution in [3.63, 3.8) is 0 Å². The lowest BCUT2D eigenvalue weighted by molar-refractivity contribution is -0.0440. The van der Waals surface area contributed by atoms with Crippen LogP contribution in [0.25, 0.3) is 22.4 Å². The van der Waals surface area contributed by atoms with Crippen molar-refractivity contribution in [2.45, 2.75) is 32.5 Å². The standard InChI is InChI=1S/C31H26Cl2N2O3/c1-3-19(2)21-6-5-9-25(17-21)38-24-12-10-20(11-13-24)29-26(18-34)28(32)27(30(33)35-29)22-7-4-8-23(16-22)31-36-14-15-37-31/h4-13,16-17,19,31H,3,14-15H2,1-2H3. The summed E-state index contributed by atoms with van der Waals surface area (Å²) < 4.78 is 17.3. The number of ether oxygens (including phenoxy) is 3. The fourth-order valence-electron chi connectivity index (χ4n) is 4.42. The van der Waals surface area contributed by atoms with Gasteiger partial charge in [0.1, 0.15) is 22.7 Å². The molecule has 1 atom stereocenters. The zero-order valence-corrected chi connectivity index (χ0v) is 22.6. The molecule has 1 aromatic heterocycles. The second-order valence-electron chi connectivity index (χ2n) is 9.13. The average molecular weight is 545 g/mol. The number of pyridine rings is 1. The molecule has 0 amide bonds. The van der Waals surface area contributed by atoms with Gasteiger partial charge in [0.25, 0.3) is 0 Å². The molecule has 192 valence electrons. The van der Waals surface area contributed by atoms with Gasteiger partial charge in [0.05, 0.1) is 29.5 Å². The van der Waals surface area contributed by atoms with Crippen LogP contribution in [0.15, 0.2) is 72.8 Å². The molecule has 3 aromatic carbocycles. The first kappa shape index (κ1) is 26.2. The van der Waals surface area contributed by atoms with Gasteiger partial charge in [-0.15, -0.1) is 0 Å². The molecule has 2 heterocycles. The van der Waals surface area contributed by atoms with E-state index in [1.165, 1.54) is 5.56 Å². The quantitative estimate of drug-likeness (QED) is 0.217. The average Bonchev–Trinajstić information content (AvgIpc) is 3.48. The topological polar surface area (TPSA) is 64.4 Å². The summed E-state index contributed by atoms with van der Waals surface area (Å²) in [5, 5.41) is 10.5. The third-order valence-electron chi connectivity index (χ3n) is 6.68. The first-order valence-electron chi connectivity index (χ1n) is 12.5. The minimum absolute atomic E-state index is 0.205. The Kier molecular flexibility index (Phi) is 7.97. The molecule has 1 aliphatic rings. The van der Waals surface area contributed by atoms with Crippen molar-refractivity contribution in [1.29, 1.82) is 5.26 Å². The number of aromatic nitrogens is 1. The smallest absolute Gasteiger partial charge is 0.184 e. The Bertz CT molecular complexity index is 1490. The van der Waals surface area contributed by atoms with E-state index < -0.39 is 6.29 Å². The van der Waals surface area contributed by atoms with Crippen LogP contribution in [0.5, 0.6) is 11.5 Å². The van der Waals surface area contributed by atoms with Crippen LogP contribution in [0.3, 0.4) is 0 Å². The van der Waals surface area contributed by atoms with Crippen LogP contribution < -0.4 is 4.74 Å². The lowest BCUT2D eigenvalue weighted by Crippen LogP contribution is -1.99. The molecule has 1 unspecified atom stereocenters. The van der Waals surface area contributed by atoms with E-state index in [1.807, 2.05) is 60.7 Å². The number of nitrogens with zero attached hydrogens (tertiary/aromatic N) is 2. The number of hydrogen-bond donors (Lipinski definition) is 0. The molecule has 0 radical (unpaired) electrons. The van der Waals surface area contributed by atoms with Gasteiger partial charge in [-0.3, -0.25) is 0 Å². The predicted molar refractivity (Wildman–Crippen MR) is 150 cm³/mol. The van der Waals surface area contributed by atoms with Gasteiger partial charge >= 0.3 is 0 Å². The minimum Gasteiger partial charge on any atom is -0.457 e. The number of halogens is 2. The summed E-state index contributed by atoms with van der Waals surface area (Å²) in [6.45, 7) is 5.45. The maximum atomic E-state index is 10.0. The Morgan fingerprint density at radius 1 is 0.974 bits per heavy atom. The molecule has 7 heteroatoms. The van der Waals surface area contributed by atoms with Gasteiger partial charge in [0, 0.05) is 16.7 Å². The SMILES string of the molecule is CCC(C)c1cccc(Oc2ccc(-c3nc(Cl)c(-c4cccc(C5OCCO5)c4)c(Cl)c3C#N)cc2)c1. The third-order valence-corrected chi connectivity index (χ3v) is 7.33. The van der Waals surface area contributed by atoms with Crippen LogP contribution in [-0.2, 0) is 9.47 Å². The number of rotatable bonds is 7. The number of hydrogen-bond acceptors (Lipinski definition) is 5. The summed E-state index contributed by atoms with van der Waals surface area (Å²) in [5.41, 5.74) is 4.68. The van der Waals surface area contributed by atoms with E-state index in [1.54, 1.807) is 0 Å². The maximum Gasteiger partial charge on any atom is 0.184 e. The lowest BCUT2D eigenvalue weighted by Gasteiger charge is -2.15. The largest absolute Gasteiger partial charge is 0.457 e. The van der Waals surface area contributed by atoms with Crippen LogP contribution >= 0.6 is 23.2 Å². The fraction of sp³-hybridized carbons (Fsp3) is 0.226. The van der Waals surface area contributed by atoms with Crippen molar-refractivity contribution in [1.82, 2.24) is 4.98 Å². The van der Waals surface area contributed by atoms with Crippen molar-refractivity contribution in [2.75, 3.05) is 13.2 Å².